The van der Waals surface area contributed by atoms with E-state index in [-0.39, 0.29) is 12.0 Å². The van der Waals surface area contributed by atoms with E-state index in [4.69, 9.17) is 0 Å². The van der Waals surface area contributed by atoms with Crippen molar-refractivity contribution in [3.8, 4) is 0 Å². The van der Waals surface area contributed by atoms with E-state index in [1.807, 2.05) is 0 Å². The van der Waals surface area contributed by atoms with Gasteiger partial charge in [-0.15, -0.1) is 0 Å². The Kier molecular flexibility index (Phi) is 6.70. The molecule has 1 rings (SSSR count). The third kappa shape index (κ3) is 4.92. The summed E-state index contributed by atoms with van der Waals surface area (Å²) in [4.78, 5) is 0. The first-order chi connectivity index (χ1) is 9.42. The molecule has 2 nitrogen and oxygen atoms in total. The number of nitrogens with one attached hydrogen (secondary N) is 1. The van der Waals surface area contributed by atoms with Gasteiger partial charge in [-0.25, -0.2) is 0 Å². The molecular formula is C18H31NO. The lowest BCUT2D eigenvalue weighted by atomic mass is 9.84. The quantitative estimate of drug-likeness (QED) is 0.787. The van der Waals surface area contributed by atoms with Gasteiger partial charge in [0.15, 0.2) is 0 Å². The van der Waals surface area contributed by atoms with Crippen molar-refractivity contribution >= 4 is 0 Å². The number of rotatable bonds is 7. The van der Waals surface area contributed by atoms with Crippen LogP contribution in [0.1, 0.15) is 64.6 Å². The molecule has 2 unspecified atom stereocenters. The van der Waals surface area contributed by atoms with Gasteiger partial charge in [0, 0.05) is 18.7 Å². The van der Waals surface area contributed by atoms with E-state index in [1.54, 1.807) is 0 Å². The van der Waals surface area contributed by atoms with Crippen LogP contribution in [-0.2, 0) is 6.42 Å². The Balaban J connectivity index is 2.83. The van der Waals surface area contributed by atoms with Crippen molar-refractivity contribution < 1.29 is 5.11 Å². The minimum Gasteiger partial charge on any atom is -0.396 e. The van der Waals surface area contributed by atoms with Gasteiger partial charge in [0.2, 0.25) is 0 Å². The molecule has 2 atom stereocenters. The number of hydrogen-bond donors (Lipinski definition) is 2. The van der Waals surface area contributed by atoms with Crippen molar-refractivity contribution in [3.05, 3.63) is 35.4 Å². The highest BCUT2D eigenvalue weighted by molar-refractivity contribution is 5.25. The predicted molar refractivity (Wildman–Crippen MR) is 86.9 cm³/mol. The number of aliphatic hydroxyl groups excluding tert-OH is 1. The lowest BCUT2D eigenvalue weighted by molar-refractivity contribution is 0.184. The SMILES string of the molecule is CCc1ccc(C(CC)NC(CCO)C(C)(C)C)cc1. The van der Waals surface area contributed by atoms with Crippen molar-refractivity contribution in [2.24, 2.45) is 5.41 Å². The summed E-state index contributed by atoms with van der Waals surface area (Å²) in [5, 5.41) is 13.0. The smallest absolute Gasteiger partial charge is 0.0446 e. The van der Waals surface area contributed by atoms with Crippen LogP contribution < -0.4 is 5.32 Å². The van der Waals surface area contributed by atoms with Gasteiger partial charge in [0.05, 0.1) is 0 Å². The fraction of sp³-hybridized carbons (Fsp3) is 0.667. The molecule has 1 aromatic carbocycles. The van der Waals surface area contributed by atoms with Gasteiger partial charge < -0.3 is 10.4 Å². The second-order valence-corrected chi connectivity index (χ2v) is 6.65. The first-order valence-corrected chi connectivity index (χ1v) is 7.88. The predicted octanol–water partition coefficient (Wildman–Crippen LogP) is 4.09. The van der Waals surface area contributed by atoms with Crippen molar-refractivity contribution in [1.29, 1.82) is 0 Å². The summed E-state index contributed by atoms with van der Waals surface area (Å²) in [5.41, 5.74) is 2.88. The zero-order valence-electron chi connectivity index (χ0n) is 13.7. The van der Waals surface area contributed by atoms with Crippen LogP contribution in [0.3, 0.4) is 0 Å². The number of benzene rings is 1. The fourth-order valence-electron chi connectivity index (χ4n) is 2.57. The summed E-state index contributed by atoms with van der Waals surface area (Å²) in [6, 6.07) is 9.59. The zero-order chi connectivity index (χ0) is 15.2. The molecule has 0 aliphatic heterocycles. The van der Waals surface area contributed by atoms with Crippen molar-refractivity contribution in [3.63, 3.8) is 0 Å². The molecule has 0 amide bonds. The number of aryl methyl sites for hydroxylation is 1. The normalized spacial score (nSPS) is 15.1. The standard InChI is InChI=1S/C18H31NO/c1-6-14-8-10-15(11-9-14)16(7-2)19-17(12-13-20)18(3,4)5/h8-11,16-17,19-20H,6-7,12-13H2,1-5H3. The molecule has 0 aromatic heterocycles. The van der Waals surface area contributed by atoms with Crippen LogP contribution in [0.5, 0.6) is 0 Å². The second kappa shape index (κ2) is 7.80. The third-order valence-corrected chi connectivity index (χ3v) is 4.06. The highest BCUT2D eigenvalue weighted by Gasteiger charge is 2.26. The van der Waals surface area contributed by atoms with E-state index >= 15 is 0 Å². The Bertz CT molecular complexity index is 377. The largest absolute Gasteiger partial charge is 0.396 e. The Morgan fingerprint density at radius 1 is 1.10 bits per heavy atom. The van der Waals surface area contributed by atoms with Crippen molar-refractivity contribution in [2.45, 2.75) is 66.0 Å². The van der Waals surface area contributed by atoms with Gasteiger partial charge in [-0.1, -0.05) is 58.9 Å². The van der Waals surface area contributed by atoms with Gasteiger partial charge in [-0.05, 0) is 35.8 Å². The molecule has 2 N–H and O–H groups in total. The molecule has 0 heterocycles. The Hall–Kier alpha value is -0.860. The van der Waals surface area contributed by atoms with Gasteiger partial charge in [0.1, 0.15) is 0 Å². The first-order valence-electron chi connectivity index (χ1n) is 7.88. The van der Waals surface area contributed by atoms with E-state index in [9.17, 15) is 5.11 Å². The molecule has 0 bridgehead atoms. The Morgan fingerprint density at radius 3 is 2.10 bits per heavy atom. The first kappa shape index (κ1) is 17.2. The maximum Gasteiger partial charge on any atom is 0.0446 e. The molecule has 20 heavy (non-hydrogen) atoms. The molecular weight excluding hydrogens is 246 g/mol. The monoisotopic (exact) mass is 277 g/mol. The van der Waals surface area contributed by atoms with Crippen molar-refractivity contribution in [2.75, 3.05) is 6.61 Å². The van der Waals surface area contributed by atoms with Crippen LogP contribution >= 0.6 is 0 Å². The van der Waals surface area contributed by atoms with Crippen LogP contribution in [0, 0.1) is 5.41 Å². The number of hydrogen-bond acceptors (Lipinski definition) is 2. The third-order valence-electron chi connectivity index (χ3n) is 4.06. The van der Waals surface area contributed by atoms with Gasteiger partial charge in [-0.2, -0.15) is 0 Å². The average molecular weight is 277 g/mol. The van der Waals surface area contributed by atoms with E-state index in [0.29, 0.717) is 12.1 Å². The minimum absolute atomic E-state index is 0.152. The van der Waals surface area contributed by atoms with Crippen molar-refractivity contribution in [1.82, 2.24) is 5.32 Å². The van der Waals surface area contributed by atoms with Crippen LogP contribution in [0.15, 0.2) is 24.3 Å². The van der Waals surface area contributed by atoms with E-state index in [2.05, 4.69) is 64.2 Å². The van der Waals surface area contributed by atoms with E-state index in [0.717, 1.165) is 19.3 Å². The molecule has 0 radical (unpaired) electrons. The zero-order valence-corrected chi connectivity index (χ0v) is 13.7. The summed E-state index contributed by atoms with van der Waals surface area (Å²) in [6.07, 6.45) is 2.94. The number of aliphatic hydroxyl groups is 1. The van der Waals surface area contributed by atoms with E-state index in [1.165, 1.54) is 11.1 Å². The maximum atomic E-state index is 9.28. The van der Waals surface area contributed by atoms with Crippen LogP contribution in [0.4, 0.5) is 0 Å². The lowest BCUT2D eigenvalue weighted by Crippen LogP contribution is -2.42. The fourth-order valence-corrected chi connectivity index (χ4v) is 2.57. The summed E-state index contributed by atoms with van der Waals surface area (Å²) >= 11 is 0. The second-order valence-electron chi connectivity index (χ2n) is 6.65. The molecule has 0 saturated heterocycles. The van der Waals surface area contributed by atoms with Gasteiger partial charge in [-0.3, -0.25) is 0 Å². The maximum absolute atomic E-state index is 9.28. The van der Waals surface area contributed by atoms with Crippen LogP contribution in [-0.4, -0.2) is 17.8 Å². The summed E-state index contributed by atoms with van der Waals surface area (Å²) in [5.74, 6) is 0. The summed E-state index contributed by atoms with van der Waals surface area (Å²) in [6.45, 7) is 11.3. The topological polar surface area (TPSA) is 32.3 Å². The molecule has 0 spiro atoms. The average Bonchev–Trinajstić information content (AvgIpc) is 2.42. The van der Waals surface area contributed by atoms with Crippen LogP contribution in [0.25, 0.3) is 0 Å². The highest BCUT2D eigenvalue weighted by atomic mass is 16.3. The molecule has 1 aromatic rings. The van der Waals surface area contributed by atoms with Gasteiger partial charge >= 0.3 is 0 Å². The Labute approximate surface area is 124 Å². The lowest BCUT2D eigenvalue weighted by Gasteiger charge is -2.35. The highest BCUT2D eigenvalue weighted by Crippen LogP contribution is 2.26. The Morgan fingerprint density at radius 2 is 1.70 bits per heavy atom. The minimum atomic E-state index is 0.152. The van der Waals surface area contributed by atoms with E-state index < -0.39 is 0 Å². The molecule has 0 fully saturated rings. The summed E-state index contributed by atoms with van der Waals surface area (Å²) in [7, 11) is 0. The van der Waals surface area contributed by atoms with Crippen LogP contribution in [0.2, 0.25) is 0 Å². The summed E-state index contributed by atoms with van der Waals surface area (Å²) < 4.78 is 0. The molecule has 0 aliphatic carbocycles. The van der Waals surface area contributed by atoms with Gasteiger partial charge in [0.25, 0.3) is 0 Å². The molecule has 114 valence electrons. The molecule has 0 saturated carbocycles. The molecule has 2 heteroatoms. The molecule has 0 aliphatic rings.